The highest BCUT2D eigenvalue weighted by Gasteiger charge is 2.24. The van der Waals surface area contributed by atoms with Gasteiger partial charge in [-0.2, -0.15) is 0 Å². The second kappa shape index (κ2) is 10.4. The smallest absolute Gasteiger partial charge is 0.363 e. The van der Waals surface area contributed by atoms with Gasteiger partial charge >= 0.3 is 5.97 Å². The van der Waals surface area contributed by atoms with E-state index < -0.39 is 5.97 Å². The summed E-state index contributed by atoms with van der Waals surface area (Å²) in [7, 11) is 1.58. The van der Waals surface area contributed by atoms with Crippen LogP contribution in [0.2, 0.25) is 5.02 Å². The number of halogens is 1. The lowest BCUT2D eigenvalue weighted by molar-refractivity contribution is -0.129. The zero-order valence-corrected chi connectivity index (χ0v) is 18.9. The second-order valence-corrected chi connectivity index (χ2v) is 8.37. The molecule has 0 saturated carbocycles. The molecular formula is C25H20ClNO4S. The van der Waals surface area contributed by atoms with E-state index in [4.69, 9.17) is 25.8 Å². The number of rotatable bonds is 8. The predicted octanol–water partition coefficient (Wildman–Crippen LogP) is 5.86. The highest BCUT2D eigenvalue weighted by atomic mass is 35.5. The summed E-state index contributed by atoms with van der Waals surface area (Å²) in [6.07, 6.45) is 1.66. The third kappa shape index (κ3) is 5.52. The van der Waals surface area contributed by atoms with Crippen molar-refractivity contribution in [3.05, 3.63) is 94.6 Å². The molecule has 5 nitrogen and oxygen atoms in total. The molecule has 0 N–H and O–H groups in total. The first-order valence-electron chi connectivity index (χ1n) is 9.89. The highest BCUT2D eigenvalue weighted by Crippen LogP contribution is 2.30. The fraction of sp³-hybridized carbons (Fsp3) is 0.120. The topological polar surface area (TPSA) is 57.1 Å². The standard InChI is InChI=1S/C25H20ClNO4S/c1-29-23-16-17(7-12-22(23)30-13-14-32-20-5-3-2-4-6-20)15-21-25(28)31-24(27-21)18-8-10-19(26)11-9-18/h2-12,15-16H,13-14H2,1H3. The minimum absolute atomic E-state index is 0.213. The number of thioether (sulfide) groups is 1. The molecule has 7 heteroatoms. The molecule has 4 rings (SSSR count). The van der Waals surface area contributed by atoms with E-state index in [1.807, 2.05) is 30.3 Å². The molecule has 0 radical (unpaired) electrons. The van der Waals surface area contributed by atoms with Crippen molar-refractivity contribution in [2.24, 2.45) is 4.99 Å². The number of nitrogens with zero attached hydrogens (tertiary/aromatic N) is 1. The molecule has 3 aromatic carbocycles. The lowest BCUT2D eigenvalue weighted by Gasteiger charge is -2.11. The van der Waals surface area contributed by atoms with Crippen molar-refractivity contribution in [1.82, 2.24) is 0 Å². The van der Waals surface area contributed by atoms with Gasteiger partial charge in [-0.3, -0.25) is 0 Å². The maximum atomic E-state index is 12.3. The Kier molecular flexibility index (Phi) is 7.14. The monoisotopic (exact) mass is 465 g/mol. The van der Waals surface area contributed by atoms with Crippen LogP contribution in [0.3, 0.4) is 0 Å². The summed E-state index contributed by atoms with van der Waals surface area (Å²) in [6, 6.07) is 22.6. The predicted molar refractivity (Wildman–Crippen MR) is 128 cm³/mol. The third-order valence-corrected chi connectivity index (χ3v) is 5.78. The summed E-state index contributed by atoms with van der Waals surface area (Å²) < 4.78 is 16.6. The van der Waals surface area contributed by atoms with E-state index >= 15 is 0 Å². The van der Waals surface area contributed by atoms with Crippen LogP contribution in [-0.4, -0.2) is 31.3 Å². The number of cyclic esters (lactones) is 1. The van der Waals surface area contributed by atoms with E-state index in [2.05, 4.69) is 17.1 Å². The third-order valence-electron chi connectivity index (χ3n) is 4.56. The maximum Gasteiger partial charge on any atom is 0.363 e. The maximum absolute atomic E-state index is 12.3. The molecule has 1 aliphatic rings. The van der Waals surface area contributed by atoms with E-state index in [9.17, 15) is 4.79 Å². The van der Waals surface area contributed by atoms with Crippen molar-refractivity contribution < 1.29 is 19.0 Å². The van der Waals surface area contributed by atoms with Crippen LogP contribution in [0, 0.1) is 0 Å². The number of aliphatic imine (C=N–C) groups is 1. The average Bonchev–Trinajstić information content (AvgIpc) is 3.18. The zero-order valence-electron chi connectivity index (χ0n) is 17.3. The van der Waals surface area contributed by atoms with Crippen molar-refractivity contribution in [2.45, 2.75) is 4.90 Å². The Labute approximate surface area is 195 Å². The highest BCUT2D eigenvalue weighted by molar-refractivity contribution is 7.99. The molecule has 0 fully saturated rings. The molecule has 0 amide bonds. The van der Waals surface area contributed by atoms with Gasteiger partial charge in [0.15, 0.2) is 17.2 Å². The summed E-state index contributed by atoms with van der Waals surface area (Å²) in [5, 5.41) is 0.600. The lowest BCUT2D eigenvalue weighted by Crippen LogP contribution is -2.05. The Morgan fingerprint density at radius 2 is 1.81 bits per heavy atom. The molecule has 32 heavy (non-hydrogen) atoms. The fourth-order valence-corrected chi connectivity index (χ4v) is 3.88. The molecule has 1 heterocycles. The van der Waals surface area contributed by atoms with E-state index in [0.29, 0.717) is 28.7 Å². The number of benzene rings is 3. The first-order valence-corrected chi connectivity index (χ1v) is 11.3. The van der Waals surface area contributed by atoms with Gasteiger partial charge in [0.2, 0.25) is 5.90 Å². The molecule has 0 spiro atoms. The van der Waals surface area contributed by atoms with Crippen LogP contribution in [0.15, 0.2) is 88.4 Å². The number of carbonyl (C=O) groups excluding carboxylic acids is 1. The zero-order chi connectivity index (χ0) is 22.3. The van der Waals surface area contributed by atoms with Gasteiger partial charge < -0.3 is 14.2 Å². The molecule has 0 aliphatic carbocycles. The van der Waals surface area contributed by atoms with Crippen LogP contribution < -0.4 is 9.47 Å². The molecule has 1 aliphatic heterocycles. The van der Waals surface area contributed by atoms with Crippen molar-refractivity contribution >= 4 is 41.3 Å². The summed E-state index contributed by atoms with van der Waals surface area (Å²) in [5.74, 6) is 1.78. The van der Waals surface area contributed by atoms with Crippen LogP contribution >= 0.6 is 23.4 Å². The van der Waals surface area contributed by atoms with Gasteiger partial charge in [-0.25, -0.2) is 9.79 Å². The first kappa shape index (κ1) is 22.0. The van der Waals surface area contributed by atoms with E-state index in [1.165, 1.54) is 4.90 Å². The van der Waals surface area contributed by atoms with Crippen molar-refractivity contribution in [2.75, 3.05) is 19.5 Å². The Morgan fingerprint density at radius 1 is 1.03 bits per heavy atom. The van der Waals surface area contributed by atoms with Crippen molar-refractivity contribution in [3.63, 3.8) is 0 Å². The second-order valence-electron chi connectivity index (χ2n) is 6.76. The Morgan fingerprint density at radius 3 is 2.56 bits per heavy atom. The normalized spacial score (nSPS) is 14.2. The number of esters is 1. The Balaban J connectivity index is 1.43. The molecular weight excluding hydrogens is 446 g/mol. The van der Waals surface area contributed by atoms with Crippen LogP contribution in [0.25, 0.3) is 6.08 Å². The first-order chi connectivity index (χ1) is 15.6. The molecule has 0 bridgehead atoms. The van der Waals surface area contributed by atoms with E-state index in [-0.39, 0.29) is 11.6 Å². The van der Waals surface area contributed by atoms with Crippen LogP contribution in [0.5, 0.6) is 11.5 Å². The Bertz CT molecular complexity index is 1160. The van der Waals surface area contributed by atoms with Crippen LogP contribution in [0.4, 0.5) is 0 Å². The van der Waals surface area contributed by atoms with Crippen LogP contribution in [-0.2, 0) is 9.53 Å². The van der Waals surface area contributed by atoms with Crippen LogP contribution in [0.1, 0.15) is 11.1 Å². The minimum Gasteiger partial charge on any atom is -0.493 e. The fourth-order valence-electron chi connectivity index (χ4n) is 3.00. The number of hydrogen-bond donors (Lipinski definition) is 0. The average molecular weight is 466 g/mol. The van der Waals surface area contributed by atoms with Crippen molar-refractivity contribution in [3.8, 4) is 11.5 Å². The Hall–Kier alpha value is -3.22. The lowest BCUT2D eigenvalue weighted by atomic mass is 10.1. The molecule has 0 unspecified atom stereocenters. The quantitative estimate of drug-likeness (QED) is 0.180. The van der Waals surface area contributed by atoms with Gasteiger partial charge in [-0.05, 0) is 60.2 Å². The van der Waals surface area contributed by atoms with E-state index in [0.717, 1.165) is 11.3 Å². The van der Waals surface area contributed by atoms with Crippen molar-refractivity contribution in [1.29, 1.82) is 0 Å². The van der Waals surface area contributed by atoms with Gasteiger partial charge in [-0.1, -0.05) is 35.9 Å². The van der Waals surface area contributed by atoms with Gasteiger partial charge in [-0.15, -0.1) is 11.8 Å². The number of carbonyl (C=O) groups is 1. The van der Waals surface area contributed by atoms with E-state index in [1.54, 1.807) is 55.3 Å². The SMILES string of the molecule is COc1cc(C=C2N=C(c3ccc(Cl)cc3)OC2=O)ccc1OCCSc1ccccc1. The molecule has 0 saturated heterocycles. The minimum atomic E-state index is -0.507. The van der Waals surface area contributed by atoms with Gasteiger partial charge in [0.25, 0.3) is 0 Å². The number of methoxy groups -OCH3 is 1. The summed E-state index contributed by atoms with van der Waals surface area (Å²) >= 11 is 7.64. The van der Waals surface area contributed by atoms with Gasteiger partial charge in [0, 0.05) is 21.2 Å². The largest absolute Gasteiger partial charge is 0.493 e. The summed E-state index contributed by atoms with van der Waals surface area (Å²) in [6.45, 7) is 0.539. The molecule has 0 atom stereocenters. The summed E-state index contributed by atoms with van der Waals surface area (Å²) in [4.78, 5) is 17.8. The van der Waals surface area contributed by atoms with Gasteiger partial charge in [0.05, 0.1) is 13.7 Å². The number of hydrogen-bond acceptors (Lipinski definition) is 6. The van der Waals surface area contributed by atoms with Gasteiger partial charge in [0.1, 0.15) is 0 Å². The molecule has 0 aromatic heterocycles. The number of ether oxygens (including phenoxy) is 3. The molecule has 3 aromatic rings. The summed E-state index contributed by atoms with van der Waals surface area (Å²) in [5.41, 5.74) is 1.65. The molecule has 162 valence electrons.